The van der Waals surface area contributed by atoms with E-state index < -0.39 is 28.3 Å². The zero-order valence-corrected chi connectivity index (χ0v) is 6.65. The molecule has 8 heteroatoms. The van der Waals surface area contributed by atoms with Crippen molar-refractivity contribution in [2.24, 2.45) is 4.36 Å². The van der Waals surface area contributed by atoms with E-state index in [-0.39, 0.29) is 0 Å². The number of hydrogen-bond acceptors (Lipinski definition) is 1. The molecule has 0 aliphatic carbocycles. The van der Waals surface area contributed by atoms with Crippen molar-refractivity contribution in [2.75, 3.05) is 6.54 Å². The largest absolute Gasteiger partial charge is 0.460 e. The van der Waals surface area contributed by atoms with Crippen molar-refractivity contribution in [2.45, 2.75) is 17.9 Å². The maximum Gasteiger partial charge on any atom is 0.460 e. The highest BCUT2D eigenvalue weighted by Gasteiger charge is 2.51. The Kier molecular flexibility index (Phi) is 3.55. The van der Waals surface area contributed by atoms with Crippen LogP contribution in [0.3, 0.4) is 0 Å². The van der Waals surface area contributed by atoms with Crippen LogP contribution in [0.2, 0.25) is 0 Å². The van der Waals surface area contributed by atoms with Gasteiger partial charge in [-0.15, -0.1) is 0 Å². The Hall–Kier alpha value is -0.270. The Morgan fingerprint density at radius 1 is 1.00 bits per heavy atom. The third-order valence-electron chi connectivity index (χ3n) is 0.697. The molecule has 74 valence electrons. The van der Waals surface area contributed by atoms with Crippen LogP contribution in [0.5, 0.6) is 0 Å². The minimum atomic E-state index is -5.31. The van der Waals surface area contributed by atoms with E-state index in [0.29, 0.717) is 0 Å². The SMILES string of the molecule is CCN=S(C(F)(F)F)C(F)(F)F. The van der Waals surface area contributed by atoms with Crippen molar-refractivity contribution in [3.05, 3.63) is 0 Å². The van der Waals surface area contributed by atoms with E-state index in [2.05, 4.69) is 4.36 Å². The first-order valence-corrected chi connectivity index (χ1v) is 3.93. The average molecular weight is 213 g/mol. The predicted molar refractivity (Wildman–Crippen MR) is 32.4 cm³/mol. The molecule has 0 amide bonds. The summed E-state index contributed by atoms with van der Waals surface area (Å²) in [5, 5.41) is 0. The maximum absolute atomic E-state index is 11.6. The number of rotatable bonds is 1. The molecular formula is C4H5F6NS. The molecule has 0 saturated heterocycles. The molecular weight excluding hydrogens is 208 g/mol. The predicted octanol–water partition coefficient (Wildman–Crippen LogP) is 2.85. The van der Waals surface area contributed by atoms with Gasteiger partial charge in [0.1, 0.15) is 10.7 Å². The van der Waals surface area contributed by atoms with Gasteiger partial charge in [0.25, 0.3) is 0 Å². The van der Waals surface area contributed by atoms with Crippen LogP contribution in [-0.2, 0) is 10.7 Å². The van der Waals surface area contributed by atoms with Crippen molar-refractivity contribution in [3.63, 3.8) is 0 Å². The number of halogens is 6. The lowest BCUT2D eigenvalue weighted by molar-refractivity contribution is -0.0750. The summed E-state index contributed by atoms with van der Waals surface area (Å²) < 4.78 is 72.1. The van der Waals surface area contributed by atoms with E-state index in [9.17, 15) is 26.3 Å². The molecule has 0 rings (SSSR count). The van der Waals surface area contributed by atoms with Gasteiger partial charge in [0.2, 0.25) is 0 Å². The molecule has 1 nitrogen and oxygen atoms in total. The van der Waals surface area contributed by atoms with Crippen LogP contribution in [-0.4, -0.2) is 17.6 Å². The van der Waals surface area contributed by atoms with Crippen molar-refractivity contribution >= 4 is 10.7 Å². The molecule has 0 radical (unpaired) electrons. The second-order valence-corrected chi connectivity index (χ2v) is 3.37. The Labute approximate surface area is 66.9 Å². The molecule has 0 bridgehead atoms. The molecule has 0 atom stereocenters. The van der Waals surface area contributed by atoms with Gasteiger partial charge in [-0.3, -0.25) is 0 Å². The zero-order chi connectivity index (χ0) is 9.99. The monoisotopic (exact) mass is 213 g/mol. The molecule has 0 aromatic carbocycles. The van der Waals surface area contributed by atoms with Gasteiger partial charge in [0.15, 0.2) is 0 Å². The standard InChI is InChI=1S/C4H5F6NS/c1-2-11-12(3(5,6)7)4(8,9)10/h2H2,1H3. The normalized spacial score (nSPS) is 13.7. The topological polar surface area (TPSA) is 12.4 Å². The van der Waals surface area contributed by atoms with Crippen LogP contribution < -0.4 is 0 Å². The maximum atomic E-state index is 11.6. The Bertz CT molecular complexity index is 163. The molecule has 0 aromatic rings. The van der Waals surface area contributed by atoms with E-state index in [1.807, 2.05) is 0 Å². The van der Waals surface area contributed by atoms with E-state index in [1.165, 1.54) is 0 Å². The van der Waals surface area contributed by atoms with Gasteiger partial charge < -0.3 is 0 Å². The average Bonchev–Trinajstić information content (AvgIpc) is 1.77. The van der Waals surface area contributed by atoms with Crippen molar-refractivity contribution < 1.29 is 26.3 Å². The van der Waals surface area contributed by atoms with Crippen molar-refractivity contribution in [3.8, 4) is 0 Å². The Morgan fingerprint density at radius 2 is 1.33 bits per heavy atom. The van der Waals surface area contributed by atoms with Crippen molar-refractivity contribution in [1.29, 1.82) is 0 Å². The molecule has 12 heavy (non-hydrogen) atoms. The summed E-state index contributed by atoms with van der Waals surface area (Å²) in [4.78, 5) is 0. The van der Waals surface area contributed by atoms with Gasteiger partial charge in [-0.05, 0) is 6.92 Å². The van der Waals surface area contributed by atoms with Crippen molar-refractivity contribution in [1.82, 2.24) is 0 Å². The van der Waals surface area contributed by atoms with Crippen LogP contribution in [0.4, 0.5) is 26.3 Å². The first-order valence-electron chi connectivity index (χ1n) is 2.75. The summed E-state index contributed by atoms with van der Waals surface area (Å²) in [5.41, 5.74) is -10.6. The summed E-state index contributed by atoms with van der Waals surface area (Å²) in [6.45, 7) is 0.625. The van der Waals surface area contributed by atoms with Gasteiger partial charge in [-0.2, -0.15) is 26.3 Å². The second-order valence-electron chi connectivity index (χ2n) is 1.62. The fourth-order valence-corrected chi connectivity index (χ4v) is 1.22. The second kappa shape index (κ2) is 3.63. The van der Waals surface area contributed by atoms with Crippen LogP contribution >= 0.6 is 0 Å². The van der Waals surface area contributed by atoms with Gasteiger partial charge in [0, 0.05) is 6.54 Å². The molecule has 0 heterocycles. The zero-order valence-electron chi connectivity index (χ0n) is 5.83. The quantitative estimate of drug-likeness (QED) is 0.594. The fourth-order valence-electron chi connectivity index (χ4n) is 0.407. The number of nitrogens with zero attached hydrogens (tertiary/aromatic N) is 1. The highest BCUT2D eigenvalue weighted by Crippen LogP contribution is 2.34. The van der Waals surface area contributed by atoms with Gasteiger partial charge in [-0.25, -0.2) is 4.36 Å². The van der Waals surface area contributed by atoms with Gasteiger partial charge >= 0.3 is 11.0 Å². The van der Waals surface area contributed by atoms with Crippen LogP contribution in [0.25, 0.3) is 0 Å². The van der Waals surface area contributed by atoms with E-state index in [1.54, 1.807) is 0 Å². The number of hydrogen-bond donors (Lipinski definition) is 0. The summed E-state index contributed by atoms with van der Waals surface area (Å²) >= 11 is 0. The van der Waals surface area contributed by atoms with E-state index >= 15 is 0 Å². The van der Waals surface area contributed by atoms with Crippen LogP contribution in [0.1, 0.15) is 6.92 Å². The van der Waals surface area contributed by atoms with E-state index in [4.69, 9.17) is 0 Å². The number of alkyl halides is 6. The fraction of sp³-hybridized carbons (Fsp3) is 1.00. The van der Waals surface area contributed by atoms with E-state index in [0.717, 1.165) is 6.92 Å². The molecule has 0 fully saturated rings. The third kappa shape index (κ3) is 3.42. The summed E-state index contributed by atoms with van der Waals surface area (Å²) in [6.07, 6.45) is 0. The lowest BCUT2D eigenvalue weighted by Crippen LogP contribution is -2.29. The minimum Gasteiger partial charge on any atom is -0.249 e. The lowest BCUT2D eigenvalue weighted by Gasteiger charge is -2.13. The minimum absolute atomic E-state index is 0.498. The smallest absolute Gasteiger partial charge is 0.249 e. The Morgan fingerprint density at radius 3 is 1.42 bits per heavy atom. The first-order chi connectivity index (χ1) is 5.19. The Balaban J connectivity index is 4.83. The highest BCUT2D eigenvalue weighted by molar-refractivity contribution is 7.89. The van der Waals surface area contributed by atoms with Gasteiger partial charge in [0.05, 0.1) is 0 Å². The van der Waals surface area contributed by atoms with Crippen LogP contribution in [0, 0.1) is 0 Å². The molecule has 0 aliphatic heterocycles. The van der Waals surface area contributed by atoms with Gasteiger partial charge in [-0.1, -0.05) is 0 Å². The lowest BCUT2D eigenvalue weighted by atomic mass is 10.8. The highest BCUT2D eigenvalue weighted by atomic mass is 32.2. The first kappa shape index (κ1) is 11.7. The molecule has 0 saturated carbocycles. The summed E-state index contributed by atoms with van der Waals surface area (Å²) in [5.74, 6) is 0. The molecule has 0 N–H and O–H groups in total. The summed E-state index contributed by atoms with van der Waals surface area (Å²) in [6, 6.07) is 0. The molecule has 0 unspecified atom stereocenters. The van der Waals surface area contributed by atoms with Crippen LogP contribution in [0.15, 0.2) is 4.36 Å². The molecule has 0 aliphatic rings. The molecule has 0 aromatic heterocycles. The summed E-state index contributed by atoms with van der Waals surface area (Å²) in [7, 11) is -3.83. The molecule has 0 spiro atoms. The third-order valence-corrected chi connectivity index (χ3v) is 2.09.